The van der Waals surface area contributed by atoms with Crippen LogP contribution in [-0.2, 0) is 0 Å². The minimum atomic E-state index is -0.720. The molecule has 0 bridgehead atoms. The topological polar surface area (TPSA) is 0 Å². The Morgan fingerprint density at radius 1 is 0.714 bits per heavy atom. The van der Waals surface area contributed by atoms with Crippen LogP contribution in [0, 0.1) is 13.3 Å². The molecular formula is C12H24P2. The van der Waals surface area contributed by atoms with Crippen molar-refractivity contribution in [3.8, 4) is 0 Å². The van der Waals surface area contributed by atoms with Gasteiger partial charge in [0.25, 0.3) is 0 Å². The molecule has 2 aliphatic rings. The quantitative estimate of drug-likeness (QED) is 0.504. The van der Waals surface area contributed by atoms with Crippen LogP contribution in [0.3, 0.4) is 0 Å². The average Bonchev–Trinajstić information content (AvgIpc) is 2.83. The van der Waals surface area contributed by atoms with Crippen LogP contribution in [0.1, 0.15) is 27.7 Å². The molecule has 0 aromatic heterocycles. The van der Waals surface area contributed by atoms with E-state index in [1.807, 2.05) is 0 Å². The van der Waals surface area contributed by atoms with Crippen LogP contribution < -0.4 is 0 Å². The molecule has 2 heteroatoms. The molecule has 0 aromatic rings. The molecule has 0 amide bonds. The summed E-state index contributed by atoms with van der Waals surface area (Å²) in [7, 11) is -1.44. The van der Waals surface area contributed by atoms with Gasteiger partial charge in [0.15, 0.2) is 0 Å². The maximum atomic E-state index is 4.53. The van der Waals surface area contributed by atoms with Gasteiger partial charge in [0, 0.05) is 0 Å². The van der Waals surface area contributed by atoms with Gasteiger partial charge in [-0.3, -0.25) is 0 Å². The van der Waals surface area contributed by atoms with E-state index in [0.717, 1.165) is 22.6 Å². The summed E-state index contributed by atoms with van der Waals surface area (Å²) in [5.74, 6) is 0. The van der Waals surface area contributed by atoms with Crippen LogP contribution in [0.15, 0.2) is 0 Å². The molecular weight excluding hydrogens is 206 g/mol. The summed E-state index contributed by atoms with van der Waals surface area (Å²) in [5.41, 5.74) is 3.83. The molecule has 14 heavy (non-hydrogen) atoms. The second-order valence-electron chi connectivity index (χ2n) is 5.62. The van der Waals surface area contributed by atoms with E-state index in [1.165, 1.54) is 12.3 Å². The normalized spacial score (nSPS) is 61.3. The van der Waals surface area contributed by atoms with Crippen molar-refractivity contribution in [2.75, 3.05) is 12.3 Å². The third kappa shape index (κ3) is 1.41. The maximum Gasteiger partial charge on any atom is 0.0741 e. The van der Waals surface area contributed by atoms with Crippen LogP contribution in [0.2, 0.25) is 0 Å². The molecule has 0 N–H and O–H groups in total. The van der Waals surface area contributed by atoms with Gasteiger partial charge in [-0.15, -0.1) is 14.5 Å². The van der Waals surface area contributed by atoms with Crippen molar-refractivity contribution < 1.29 is 0 Å². The molecule has 0 aliphatic carbocycles. The first kappa shape index (κ1) is 11.3. The fourth-order valence-corrected chi connectivity index (χ4v) is 11.9. The Morgan fingerprint density at radius 2 is 0.929 bits per heavy atom. The fraction of sp³-hybridized carbons (Fsp3) is 0.833. The van der Waals surface area contributed by atoms with Gasteiger partial charge in [0.1, 0.15) is 0 Å². The molecule has 2 saturated heterocycles. The molecule has 0 aromatic carbocycles. The average molecular weight is 230 g/mol. The highest BCUT2D eigenvalue weighted by molar-refractivity contribution is 7.89. The Balaban J connectivity index is 1.85. The molecule has 2 aliphatic heterocycles. The van der Waals surface area contributed by atoms with Crippen molar-refractivity contribution >= 4 is 14.5 Å². The summed E-state index contributed by atoms with van der Waals surface area (Å²) in [6.07, 6.45) is 2.89. The molecule has 0 saturated carbocycles. The van der Waals surface area contributed by atoms with E-state index in [4.69, 9.17) is 0 Å². The predicted octanol–water partition coefficient (Wildman–Crippen LogP) is 4.19. The highest BCUT2D eigenvalue weighted by atomic mass is 31.2. The van der Waals surface area contributed by atoms with Crippen molar-refractivity contribution in [1.82, 2.24) is 0 Å². The van der Waals surface area contributed by atoms with Gasteiger partial charge in [-0.25, -0.2) is 0 Å². The van der Waals surface area contributed by atoms with E-state index in [9.17, 15) is 0 Å². The van der Waals surface area contributed by atoms with Crippen molar-refractivity contribution in [3.05, 3.63) is 13.3 Å². The lowest BCUT2D eigenvalue weighted by atomic mass is 10.4. The lowest BCUT2D eigenvalue weighted by Crippen LogP contribution is -1.92. The molecule has 0 nitrogen and oxygen atoms in total. The van der Waals surface area contributed by atoms with Gasteiger partial charge in [0.05, 0.1) is 35.0 Å². The summed E-state index contributed by atoms with van der Waals surface area (Å²) in [6.45, 7) is 18.7. The van der Waals surface area contributed by atoms with Crippen LogP contribution in [0.4, 0.5) is 0 Å². The third-order valence-corrected chi connectivity index (χ3v) is 15.4. The van der Waals surface area contributed by atoms with E-state index < -0.39 is 14.5 Å². The summed E-state index contributed by atoms with van der Waals surface area (Å²) in [4.78, 5) is 0. The predicted molar refractivity (Wildman–Crippen MR) is 72.1 cm³/mol. The standard InChI is InChI=1S/C12H24P2/c1-9-10(2)13(9,5)7-8-14(6)11(3)12(14)4/h9-12H,5-8H2,1-4H3/t9-,10-,11-,12-/m0/s1. The second-order valence-corrected chi connectivity index (χ2v) is 14.2. The van der Waals surface area contributed by atoms with Crippen molar-refractivity contribution in [2.24, 2.45) is 0 Å². The molecule has 0 radical (unpaired) electrons. The van der Waals surface area contributed by atoms with E-state index >= 15 is 0 Å². The van der Waals surface area contributed by atoms with Gasteiger partial charge < -0.3 is 0 Å². The van der Waals surface area contributed by atoms with Crippen LogP contribution >= 0.6 is 14.5 Å². The van der Waals surface area contributed by atoms with Crippen LogP contribution in [-0.4, -0.2) is 35.0 Å². The Morgan fingerprint density at radius 3 is 1.07 bits per heavy atom. The van der Waals surface area contributed by atoms with Crippen LogP contribution in [0.25, 0.3) is 0 Å². The zero-order chi connectivity index (χ0) is 10.7. The first-order valence-electron chi connectivity index (χ1n) is 5.77. The van der Waals surface area contributed by atoms with E-state index in [1.54, 1.807) is 0 Å². The Bertz CT molecular complexity index is 207. The third-order valence-electron chi connectivity index (χ3n) is 5.39. The van der Waals surface area contributed by atoms with E-state index in [-0.39, 0.29) is 0 Å². The van der Waals surface area contributed by atoms with E-state index in [2.05, 4.69) is 41.0 Å². The lowest BCUT2D eigenvalue weighted by molar-refractivity contribution is 1.05. The minimum absolute atomic E-state index is 0.720. The fourth-order valence-electron chi connectivity index (χ4n) is 2.86. The zero-order valence-electron chi connectivity index (χ0n) is 10.0. The summed E-state index contributed by atoms with van der Waals surface area (Å²) in [5, 5.41) is 0. The number of rotatable bonds is 3. The smallest absolute Gasteiger partial charge is 0.0741 e. The Labute approximate surface area is 90.9 Å². The Hall–Kier alpha value is 0.860. The van der Waals surface area contributed by atoms with Gasteiger partial charge in [-0.1, -0.05) is 0 Å². The molecule has 4 atom stereocenters. The first-order chi connectivity index (χ1) is 6.34. The molecule has 82 valence electrons. The monoisotopic (exact) mass is 230 g/mol. The lowest BCUT2D eigenvalue weighted by Gasteiger charge is -2.15. The second kappa shape index (κ2) is 3.18. The molecule has 2 heterocycles. The summed E-state index contributed by atoms with van der Waals surface area (Å²) < 4.78 is 0. The van der Waals surface area contributed by atoms with E-state index in [0.29, 0.717) is 0 Å². The summed E-state index contributed by atoms with van der Waals surface area (Å²) in [6, 6.07) is 0. The minimum Gasteiger partial charge on any atom is -0.179 e. The first-order valence-corrected chi connectivity index (χ1v) is 10.4. The number of hydrogen-bond donors (Lipinski definition) is 0. The van der Waals surface area contributed by atoms with Gasteiger partial charge >= 0.3 is 0 Å². The number of hydrogen-bond acceptors (Lipinski definition) is 0. The van der Waals surface area contributed by atoms with Gasteiger partial charge in [-0.2, -0.15) is 13.3 Å². The summed E-state index contributed by atoms with van der Waals surface area (Å²) >= 11 is 0. The van der Waals surface area contributed by atoms with Gasteiger partial charge in [0.2, 0.25) is 0 Å². The van der Waals surface area contributed by atoms with Crippen LogP contribution in [0.5, 0.6) is 0 Å². The van der Waals surface area contributed by atoms with Gasteiger partial charge in [-0.05, 0) is 27.7 Å². The molecule has 2 rings (SSSR count). The highest BCUT2D eigenvalue weighted by Gasteiger charge is 2.62. The molecule has 0 unspecified atom stereocenters. The SMILES string of the molecule is [CH2-][P+]1(CC[P+]2([CH2-])[C@@H](C)[C@@H]2C)[C@@H](C)[C@@H]1C. The van der Waals surface area contributed by atoms with Crippen molar-refractivity contribution in [2.45, 2.75) is 50.3 Å². The van der Waals surface area contributed by atoms with Crippen molar-refractivity contribution in [1.29, 1.82) is 0 Å². The zero-order valence-corrected chi connectivity index (χ0v) is 11.8. The van der Waals surface area contributed by atoms with Crippen molar-refractivity contribution in [3.63, 3.8) is 0 Å². The maximum absolute atomic E-state index is 4.53. The Kier molecular flexibility index (Phi) is 2.58. The molecule has 0 spiro atoms. The molecule has 2 fully saturated rings. The largest absolute Gasteiger partial charge is 0.179 e. The highest BCUT2D eigenvalue weighted by Crippen LogP contribution is 2.88.